The van der Waals surface area contributed by atoms with Crippen LogP contribution in [-0.4, -0.2) is 19.6 Å². The van der Waals surface area contributed by atoms with Crippen LogP contribution in [0.1, 0.15) is 24.7 Å². The van der Waals surface area contributed by atoms with Crippen molar-refractivity contribution in [2.45, 2.75) is 26.7 Å². The highest BCUT2D eigenvalue weighted by molar-refractivity contribution is 5.48. The van der Waals surface area contributed by atoms with Gasteiger partial charge in [0.05, 0.1) is 11.4 Å². The standard InChI is InChI=1S/C9H13N5/c1-3-4-7-8-12-13-9(10)14(8)5-6(2)11-7/h5H,3-4H2,1-2H3,(H2,10,13). The van der Waals surface area contributed by atoms with E-state index in [0.717, 1.165) is 29.9 Å². The van der Waals surface area contributed by atoms with E-state index in [2.05, 4.69) is 22.1 Å². The highest BCUT2D eigenvalue weighted by Crippen LogP contribution is 2.12. The molecule has 0 spiro atoms. The second-order valence-corrected chi connectivity index (χ2v) is 3.33. The van der Waals surface area contributed by atoms with Crippen LogP contribution in [0.2, 0.25) is 0 Å². The molecule has 2 aromatic rings. The maximum atomic E-state index is 5.67. The van der Waals surface area contributed by atoms with Gasteiger partial charge in [0.15, 0.2) is 5.65 Å². The van der Waals surface area contributed by atoms with Crippen LogP contribution in [0.4, 0.5) is 5.95 Å². The normalized spacial score (nSPS) is 11.0. The summed E-state index contributed by atoms with van der Waals surface area (Å²) in [5.41, 5.74) is 8.35. The molecule has 0 fully saturated rings. The van der Waals surface area contributed by atoms with E-state index in [0.29, 0.717) is 5.95 Å². The van der Waals surface area contributed by atoms with E-state index < -0.39 is 0 Å². The van der Waals surface area contributed by atoms with Crippen molar-refractivity contribution in [3.05, 3.63) is 17.6 Å². The Morgan fingerprint density at radius 3 is 2.93 bits per heavy atom. The van der Waals surface area contributed by atoms with Gasteiger partial charge in [-0.05, 0) is 13.3 Å². The van der Waals surface area contributed by atoms with Crippen molar-refractivity contribution in [2.24, 2.45) is 0 Å². The van der Waals surface area contributed by atoms with E-state index >= 15 is 0 Å². The maximum absolute atomic E-state index is 5.67. The number of rotatable bonds is 2. The monoisotopic (exact) mass is 191 g/mol. The van der Waals surface area contributed by atoms with E-state index in [-0.39, 0.29) is 0 Å². The molecule has 0 aliphatic carbocycles. The summed E-state index contributed by atoms with van der Waals surface area (Å²) in [5, 5.41) is 7.83. The first-order valence-electron chi connectivity index (χ1n) is 4.69. The summed E-state index contributed by atoms with van der Waals surface area (Å²) in [5.74, 6) is 0.419. The zero-order chi connectivity index (χ0) is 10.1. The lowest BCUT2D eigenvalue weighted by atomic mass is 10.2. The van der Waals surface area contributed by atoms with Crippen molar-refractivity contribution in [3.63, 3.8) is 0 Å². The molecule has 74 valence electrons. The predicted octanol–water partition coefficient (Wildman–Crippen LogP) is 0.967. The van der Waals surface area contributed by atoms with Crippen molar-refractivity contribution >= 4 is 11.6 Å². The number of nitrogens with two attached hydrogens (primary N) is 1. The van der Waals surface area contributed by atoms with Crippen LogP contribution >= 0.6 is 0 Å². The first-order chi connectivity index (χ1) is 6.72. The topological polar surface area (TPSA) is 69.1 Å². The Hall–Kier alpha value is -1.65. The molecule has 14 heavy (non-hydrogen) atoms. The fourth-order valence-electron chi connectivity index (χ4n) is 1.51. The molecule has 0 aliphatic heterocycles. The van der Waals surface area contributed by atoms with Crippen molar-refractivity contribution in [2.75, 3.05) is 5.73 Å². The average Bonchev–Trinajstić information content (AvgIpc) is 2.49. The van der Waals surface area contributed by atoms with Gasteiger partial charge in [0.1, 0.15) is 0 Å². The molecule has 0 saturated heterocycles. The molecule has 5 heteroatoms. The largest absolute Gasteiger partial charge is 0.368 e. The van der Waals surface area contributed by atoms with Crippen molar-refractivity contribution in [1.82, 2.24) is 19.6 Å². The highest BCUT2D eigenvalue weighted by atomic mass is 15.3. The molecule has 0 radical (unpaired) electrons. The lowest BCUT2D eigenvalue weighted by molar-refractivity contribution is 0.863. The third kappa shape index (κ3) is 1.30. The number of nitrogen functional groups attached to an aromatic ring is 1. The van der Waals surface area contributed by atoms with Gasteiger partial charge in [-0.1, -0.05) is 13.3 Å². The maximum Gasteiger partial charge on any atom is 0.226 e. The molecule has 0 atom stereocenters. The summed E-state index contributed by atoms with van der Waals surface area (Å²) in [4.78, 5) is 4.43. The molecular weight excluding hydrogens is 178 g/mol. The van der Waals surface area contributed by atoms with Crippen molar-refractivity contribution in [3.8, 4) is 0 Å². The van der Waals surface area contributed by atoms with Gasteiger partial charge in [-0.2, -0.15) is 0 Å². The SMILES string of the molecule is CCCc1nc(C)cn2c(N)nnc12. The molecule has 0 aromatic carbocycles. The van der Waals surface area contributed by atoms with E-state index in [1.54, 1.807) is 4.40 Å². The van der Waals surface area contributed by atoms with E-state index in [9.17, 15) is 0 Å². The Morgan fingerprint density at radius 2 is 2.21 bits per heavy atom. The van der Waals surface area contributed by atoms with Gasteiger partial charge < -0.3 is 5.73 Å². The molecule has 2 aromatic heterocycles. The number of nitrogens with zero attached hydrogens (tertiary/aromatic N) is 4. The second kappa shape index (κ2) is 3.25. The number of aromatic nitrogens is 4. The Kier molecular flexibility index (Phi) is 2.07. The fraction of sp³-hybridized carbons (Fsp3) is 0.444. The number of hydrogen-bond donors (Lipinski definition) is 1. The molecule has 0 saturated carbocycles. The summed E-state index contributed by atoms with van der Waals surface area (Å²) in [6, 6.07) is 0. The van der Waals surface area contributed by atoms with Gasteiger partial charge >= 0.3 is 0 Å². The molecule has 0 amide bonds. The first-order valence-corrected chi connectivity index (χ1v) is 4.69. The van der Waals surface area contributed by atoms with Crippen molar-refractivity contribution < 1.29 is 0 Å². The second-order valence-electron chi connectivity index (χ2n) is 3.33. The molecule has 2 rings (SSSR count). The van der Waals surface area contributed by atoms with Crippen LogP contribution in [0.3, 0.4) is 0 Å². The summed E-state index contributed by atoms with van der Waals surface area (Å²) >= 11 is 0. The Morgan fingerprint density at radius 1 is 1.43 bits per heavy atom. The van der Waals surface area contributed by atoms with E-state index in [1.165, 1.54) is 0 Å². The molecular formula is C9H13N5. The molecule has 2 heterocycles. The van der Waals surface area contributed by atoms with Gasteiger partial charge in [0, 0.05) is 6.20 Å². The van der Waals surface area contributed by atoms with Gasteiger partial charge in [0.2, 0.25) is 5.95 Å². The van der Waals surface area contributed by atoms with Crippen LogP contribution in [0.15, 0.2) is 6.20 Å². The Bertz CT molecular complexity index is 459. The number of hydrogen-bond acceptors (Lipinski definition) is 4. The highest BCUT2D eigenvalue weighted by Gasteiger charge is 2.08. The molecule has 2 N–H and O–H groups in total. The van der Waals surface area contributed by atoms with Gasteiger partial charge in [-0.25, -0.2) is 0 Å². The summed E-state index contributed by atoms with van der Waals surface area (Å²) in [6.45, 7) is 4.05. The quantitative estimate of drug-likeness (QED) is 0.767. The minimum atomic E-state index is 0.419. The third-order valence-electron chi connectivity index (χ3n) is 2.09. The third-order valence-corrected chi connectivity index (χ3v) is 2.09. The van der Waals surface area contributed by atoms with Crippen LogP contribution in [0.25, 0.3) is 5.65 Å². The number of fused-ring (bicyclic) bond motifs is 1. The molecule has 5 nitrogen and oxygen atoms in total. The van der Waals surface area contributed by atoms with E-state index in [1.807, 2.05) is 13.1 Å². The minimum absolute atomic E-state index is 0.419. The Balaban J connectivity index is 2.68. The first kappa shape index (κ1) is 8.93. The van der Waals surface area contributed by atoms with Gasteiger partial charge in [-0.3, -0.25) is 9.38 Å². The van der Waals surface area contributed by atoms with Crippen LogP contribution in [0.5, 0.6) is 0 Å². The minimum Gasteiger partial charge on any atom is -0.368 e. The summed E-state index contributed by atoms with van der Waals surface area (Å²) in [6.07, 6.45) is 3.80. The summed E-state index contributed by atoms with van der Waals surface area (Å²) < 4.78 is 1.79. The van der Waals surface area contributed by atoms with E-state index in [4.69, 9.17) is 5.73 Å². The zero-order valence-corrected chi connectivity index (χ0v) is 8.36. The van der Waals surface area contributed by atoms with Crippen molar-refractivity contribution in [1.29, 1.82) is 0 Å². The molecule has 0 aliphatic rings. The molecule has 0 unspecified atom stereocenters. The van der Waals surface area contributed by atoms with Crippen LogP contribution < -0.4 is 5.73 Å². The average molecular weight is 191 g/mol. The summed E-state index contributed by atoms with van der Waals surface area (Å²) in [7, 11) is 0. The number of aryl methyl sites for hydroxylation is 2. The lowest BCUT2D eigenvalue weighted by Gasteiger charge is -2.02. The van der Waals surface area contributed by atoms with Crippen LogP contribution in [-0.2, 0) is 6.42 Å². The van der Waals surface area contributed by atoms with Gasteiger partial charge in [0.25, 0.3) is 0 Å². The predicted molar refractivity (Wildman–Crippen MR) is 53.9 cm³/mol. The van der Waals surface area contributed by atoms with Crippen LogP contribution in [0, 0.1) is 6.92 Å². The Labute approximate surface area is 82.0 Å². The fourth-order valence-corrected chi connectivity index (χ4v) is 1.51. The lowest BCUT2D eigenvalue weighted by Crippen LogP contribution is -2.01. The number of anilines is 1. The smallest absolute Gasteiger partial charge is 0.226 e. The zero-order valence-electron chi connectivity index (χ0n) is 8.36. The molecule has 0 bridgehead atoms. The van der Waals surface area contributed by atoms with Gasteiger partial charge in [-0.15, -0.1) is 10.2 Å².